The van der Waals surface area contributed by atoms with Crippen LogP contribution in [0.4, 0.5) is 4.39 Å². The second kappa shape index (κ2) is 7.48. The van der Waals surface area contributed by atoms with Crippen LogP contribution in [-0.2, 0) is 16.0 Å². The average molecular weight is 318 g/mol. The molecule has 0 bridgehead atoms. The lowest BCUT2D eigenvalue weighted by atomic mass is 10.1. The highest BCUT2D eigenvalue weighted by molar-refractivity contribution is 5.58. The minimum atomic E-state index is -0.364. The molecule has 0 aliphatic carbocycles. The minimum Gasteiger partial charge on any atom is -0.353 e. The van der Waals surface area contributed by atoms with E-state index in [0.717, 1.165) is 19.3 Å². The summed E-state index contributed by atoms with van der Waals surface area (Å²) in [4.78, 5) is 11.9. The Hall–Kier alpha value is -2.05. The predicted molar refractivity (Wildman–Crippen MR) is 83.4 cm³/mol. The van der Waals surface area contributed by atoms with Gasteiger partial charge >= 0.3 is 0 Å². The van der Waals surface area contributed by atoms with Gasteiger partial charge in [0, 0.05) is 18.2 Å². The largest absolute Gasteiger partial charge is 0.353 e. The van der Waals surface area contributed by atoms with Crippen molar-refractivity contribution >= 4 is 0 Å². The second-order valence-electron chi connectivity index (χ2n) is 5.43. The van der Waals surface area contributed by atoms with Crippen LogP contribution in [0.25, 0.3) is 11.3 Å². The summed E-state index contributed by atoms with van der Waals surface area (Å²) in [5, 5.41) is 4.23. The first-order valence-electron chi connectivity index (χ1n) is 7.80. The Morgan fingerprint density at radius 3 is 2.91 bits per heavy atom. The molecule has 0 radical (unpaired) electrons. The van der Waals surface area contributed by atoms with Crippen molar-refractivity contribution < 1.29 is 13.9 Å². The number of halogens is 1. The fourth-order valence-corrected chi connectivity index (χ4v) is 2.53. The molecule has 0 N–H and O–H groups in total. The molecule has 1 fully saturated rings. The van der Waals surface area contributed by atoms with Crippen LogP contribution in [-0.4, -0.2) is 29.3 Å². The molecule has 1 aromatic carbocycles. The maximum absolute atomic E-state index is 13.8. The number of benzene rings is 1. The van der Waals surface area contributed by atoms with Crippen LogP contribution in [0.5, 0.6) is 0 Å². The third-order valence-electron chi connectivity index (χ3n) is 3.76. The highest BCUT2D eigenvalue weighted by atomic mass is 19.1. The van der Waals surface area contributed by atoms with Crippen molar-refractivity contribution in [1.29, 1.82) is 0 Å². The van der Waals surface area contributed by atoms with Crippen molar-refractivity contribution in [3.8, 4) is 11.3 Å². The molecule has 6 heteroatoms. The molecule has 2 heterocycles. The number of hydrogen-bond acceptors (Lipinski definition) is 4. The normalized spacial score (nSPS) is 18.0. The van der Waals surface area contributed by atoms with E-state index in [0.29, 0.717) is 31.0 Å². The van der Waals surface area contributed by atoms with Gasteiger partial charge in [0.25, 0.3) is 5.56 Å². The van der Waals surface area contributed by atoms with Gasteiger partial charge < -0.3 is 9.47 Å². The van der Waals surface area contributed by atoms with Gasteiger partial charge in [0.05, 0.1) is 18.8 Å². The molecular weight excluding hydrogens is 299 g/mol. The van der Waals surface area contributed by atoms with E-state index in [-0.39, 0.29) is 17.7 Å². The van der Waals surface area contributed by atoms with E-state index in [4.69, 9.17) is 9.47 Å². The Morgan fingerprint density at radius 1 is 1.26 bits per heavy atom. The van der Waals surface area contributed by atoms with Crippen molar-refractivity contribution in [2.75, 3.05) is 13.2 Å². The average Bonchev–Trinajstić information content (AvgIpc) is 2.58. The van der Waals surface area contributed by atoms with Crippen molar-refractivity contribution in [2.24, 2.45) is 0 Å². The summed E-state index contributed by atoms with van der Waals surface area (Å²) in [6.07, 6.45) is 2.82. The van der Waals surface area contributed by atoms with Gasteiger partial charge in [-0.05, 0) is 37.5 Å². The highest BCUT2D eigenvalue weighted by Gasteiger charge is 2.14. The van der Waals surface area contributed by atoms with Gasteiger partial charge in [0.1, 0.15) is 5.82 Å². The number of aromatic nitrogens is 2. The molecule has 1 aliphatic rings. The Balaban J connectivity index is 1.68. The van der Waals surface area contributed by atoms with Gasteiger partial charge in [-0.2, -0.15) is 5.10 Å². The fourth-order valence-electron chi connectivity index (χ4n) is 2.53. The number of ether oxygens (including phenoxy) is 2. The monoisotopic (exact) mass is 318 g/mol. The molecule has 0 amide bonds. The summed E-state index contributed by atoms with van der Waals surface area (Å²) in [6.45, 7) is 1.35. The second-order valence-corrected chi connectivity index (χ2v) is 5.43. The molecule has 1 saturated heterocycles. The fraction of sp³-hybridized carbons (Fsp3) is 0.412. The molecule has 5 nitrogen and oxygen atoms in total. The summed E-state index contributed by atoms with van der Waals surface area (Å²) in [6, 6.07) is 9.29. The number of nitrogens with zero attached hydrogens (tertiary/aromatic N) is 2. The molecule has 1 aromatic heterocycles. The molecule has 122 valence electrons. The maximum Gasteiger partial charge on any atom is 0.266 e. The maximum atomic E-state index is 13.8. The van der Waals surface area contributed by atoms with Crippen LogP contribution >= 0.6 is 0 Å². The Morgan fingerprint density at radius 2 is 2.13 bits per heavy atom. The molecule has 1 aliphatic heterocycles. The zero-order valence-corrected chi connectivity index (χ0v) is 12.8. The number of hydrogen-bond donors (Lipinski definition) is 0. The SMILES string of the molecule is O=c1ccc(-c2ccccc2F)nn1CCO[C@H]1CCCCO1. The Kier molecular flexibility index (Phi) is 5.15. The van der Waals surface area contributed by atoms with Gasteiger partial charge in [-0.25, -0.2) is 9.07 Å². The molecule has 1 atom stereocenters. The van der Waals surface area contributed by atoms with Crippen LogP contribution in [0.3, 0.4) is 0 Å². The topological polar surface area (TPSA) is 53.4 Å². The van der Waals surface area contributed by atoms with Crippen molar-refractivity contribution in [3.63, 3.8) is 0 Å². The van der Waals surface area contributed by atoms with Crippen LogP contribution in [0.2, 0.25) is 0 Å². The Bertz CT molecular complexity index is 711. The zero-order valence-electron chi connectivity index (χ0n) is 12.8. The number of rotatable bonds is 5. The van der Waals surface area contributed by atoms with Gasteiger partial charge in [-0.15, -0.1) is 0 Å². The van der Waals surface area contributed by atoms with E-state index in [9.17, 15) is 9.18 Å². The van der Waals surface area contributed by atoms with Gasteiger partial charge in [-0.3, -0.25) is 4.79 Å². The van der Waals surface area contributed by atoms with Crippen LogP contribution in [0.1, 0.15) is 19.3 Å². The molecule has 0 saturated carbocycles. The van der Waals surface area contributed by atoms with E-state index >= 15 is 0 Å². The molecule has 0 spiro atoms. The molecule has 23 heavy (non-hydrogen) atoms. The first-order valence-corrected chi connectivity index (χ1v) is 7.80. The van der Waals surface area contributed by atoms with Crippen molar-refractivity contribution in [1.82, 2.24) is 9.78 Å². The summed E-state index contributed by atoms with van der Waals surface area (Å²) in [7, 11) is 0. The predicted octanol–water partition coefficient (Wildman–Crippen LogP) is 2.59. The third-order valence-corrected chi connectivity index (χ3v) is 3.76. The van der Waals surface area contributed by atoms with Gasteiger partial charge in [0.15, 0.2) is 6.29 Å². The van der Waals surface area contributed by atoms with Gasteiger partial charge in [0.2, 0.25) is 0 Å². The van der Waals surface area contributed by atoms with Crippen LogP contribution < -0.4 is 5.56 Å². The third kappa shape index (κ3) is 4.03. The summed E-state index contributed by atoms with van der Waals surface area (Å²) < 4.78 is 26.2. The molecule has 3 rings (SSSR count). The van der Waals surface area contributed by atoms with Crippen molar-refractivity contribution in [2.45, 2.75) is 32.1 Å². The lowest BCUT2D eigenvalue weighted by Gasteiger charge is -2.22. The van der Waals surface area contributed by atoms with E-state index in [1.54, 1.807) is 18.2 Å². The van der Waals surface area contributed by atoms with E-state index < -0.39 is 0 Å². The van der Waals surface area contributed by atoms with E-state index in [2.05, 4.69) is 5.10 Å². The van der Waals surface area contributed by atoms with E-state index in [1.165, 1.54) is 22.9 Å². The minimum absolute atomic E-state index is 0.200. The van der Waals surface area contributed by atoms with Crippen LogP contribution in [0, 0.1) is 5.82 Å². The van der Waals surface area contributed by atoms with Crippen LogP contribution in [0.15, 0.2) is 41.2 Å². The highest BCUT2D eigenvalue weighted by Crippen LogP contribution is 2.19. The molecule has 2 aromatic rings. The summed E-state index contributed by atoms with van der Waals surface area (Å²) in [5.74, 6) is -0.364. The lowest BCUT2D eigenvalue weighted by Crippen LogP contribution is -2.28. The summed E-state index contributed by atoms with van der Waals surface area (Å²) in [5.41, 5.74) is 0.563. The van der Waals surface area contributed by atoms with Crippen molar-refractivity contribution in [3.05, 3.63) is 52.6 Å². The summed E-state index contributed by atoms with van der Waals surface area (Å²) >= 11 is 0. The quantitative estimate of drug-likeness (QED) is 0.850. The lowest BCUT2D eigenvalue weighted by molar-refractivity contribution is -0.163. The smallest absolute Gasteiger partial charge is 0.266 e. The van der Waals surface area contributed by atoms with E-state index in [1.807, 2.05) is 0 Å². The molecular formula is C17H19FN2O3. The first-order chi connectivity index (χ1) is 11.2. The molecule has 0 unspecified atom stereocenters. The Labute approximate surface area is 133 Å². The zero-order chi connectivity index (χ0) is 16.1. The van der Waals surface area contributed by atoms with Gasteiger partial charge in [-0.1, -0.05) is 12.1 Å². The standard InChI is InChI=1S/C17H19FN2O3/c18-14-6-2-1-5-13(14)15-8-9-16(21)20(19-15)10-12-23-17-7-3-4-11-22-17/h1-2,5-6,8-9,17H,3-4,7,10-12H2/t17-/m0/s1. The first kappa shape index (κ1) is 15.8.